The van der Waals surface area contributed by atoms with Crippen molar-refractivity contribution in [3.63, 3.8) is 0 Å². The average Bonchev–Trinajstić information content (AvgIpc) is 3.30. The van der Waals surface area contributed by atoms with Crippen molar-refractivity contribution in [1.29, 1.82) is 0 Å². The van der Waals surface area contributed by atoms with Crippen LogP contribution in [0, 0.1) is 0 Å². The Morgan fingerprint density at radius 1 is 1.15 bits per heavy atom. The van der Waals surface area contributed by atoms with E-state index in [1.165, 1.54) is 4.90 Å². The molecule has 0 aliphatic carbocycles. The molecule has 1 aromatic heterocycles. The lowest BCUT2D eigenvalue weighted by Crippen LogP contribution is -2.33. The molecule has 0 radical (unpaired) electrons. The van der Waals surface area contributed by atoms with E-state index in [1.807, 2.05) is 6.07 Å². The molecule has 0 atom stereocenters. The van der Waals surface area contributed by atoms with Gasteiger partial charge in [-0.25, -0.2) is 0 Å². The zero-order valence-electron chi connectivity index (χ0n) is 15.2. The van der Waals surface area contributed by atoms with Crippen LogP contribution in [0.25, 0.3) is 0 Å². The normalized spacial score (nSPS) is 14.0. The maximum Gasteiger partial charge on any atom is 0.254 e. The van der Waals surface area contributed by atoms with Crippen LogP contribution < -0.4 is 0 Å². The summed E-state index contributed by atoms with van der Waals surface area (Å²) in [7, 11) is 1.59. The minimum Gasteiger partial charge on any atom is -0.467 e. The van der Waals surface area contributed by atoms with Crippen molar-refractivity contribution in [3.05, 3.63) is 59.5 Å². The quantitative estimate of drug-likeness (QED) is 0.666. The molecule has 0 spiro atoms. The fourth-order valence-electron chi connectivity index (χ4n) is 2.96. The fraction of sp³-hybridized carbons (Fsp3) is 0.350. The van der Waals surface area contributed by atoms with Crippen molar-refractivity contribution in [3.8, 4) is 0 Å². The van der Waals surface area contributed by atoms with E-state index in [9.17, 15) is 14.4 Å². The summed E-state index contributed by atoms with van der Waals surface area (Å²) in [5.41, 5.74) is 1.34. The molecular formula is C20H22N2O5. The van der Waals surface area contributed by atoms with E-state index in [0.717, 1.165) is 5.56 Å². The molecule has 0 N–H and O–H groups in total. The van der Waals surface area contributed by atoms with E-state index < -0.39 is 0 Å². The fourth-order valence-corrected chi connectivity index (χ4v) is 2.96. The van der Waals surface area contributed by atoms with Crippen LogP contribution in [0.1, 0.15) is 34.5 Å². The van der Waals surface area contributed by atoms with Crippen molar-refractivity contribution in [2.24, 2.45) is 0 Å². The average molecular weight is 370 g/mol. The van der Waals surface area contributed by atoms with Gasteiger partial charge in [-0.1, -0.05) is 12.1 Å². The van der Waals surface area contributed by atoms with Crippen LogP contribution in [-0.4, -0.2) is 47.8 Å². The van der Waals surface area contributed by atoms with E-state index in [1.54, 1.807) is 48.6 Å². The number of hydrogen-bond donors (Lipinski definition) is 0. The van der Waals surface area contributed by atoms with Gasteiger partial charge in [-0.15, -0.1) is 0 Å². The summed E-state index contributed by atoms with van der Waals surface area (Å²) in [5, 5.41) is 0. The molecule has 0 bridgehead atoms. The van der Waals surface area contributed by atoms with Crippen LogP contribution in [0.2, 0.25) is 0 Å². The van der Waals surface area contributed by atoms with Crippen LogP contribution in [-0.2, 0) is 27.4 Å². The summed E-state index contributed by atoms with van der Waals surface area (Å²) < 4.78 is 10.4. The Labute approximate surface area is 157 Å². The smallest absolute Gasteiger partial charge is 0.254 e. The van der Waals surface area contributed by atoms with E-state index in [2.05, 4.69) is 0 Å². The molecule has 2 aromatic rings. The summed E-state index contributed by atoms with van der Waals surface area (Å²) in [6.45, 7) is 1.46. The molecular weight excluding hydrogens is 348 g/mol. The third kappa shape index (κ3) is 4.62. The number of carbonyl (C=O) groups is 3. The Balaban J connectivity index is 1.68. The lowest BCUT2D eigenvalue weighted by atomic mass is 10.1. The number of benzene rings is 1. The number of furan rings is 1. The van der Waals surface area contributed by atoms with Gasteiger partial charge in [-0.3, -0.25) is 19.3 Å². The van der Waals surface area contributed by atoms with Gasteiger partial charge in [-0.05, 0) is 29.8 Å². The van der Waals surface area contributed by atoms with Crippen molar-refractivity contribution in [1.82, 2.24) is 9.80 Å². The molecule has 1 aromatic carbocycles. The van der Waals surface area contributed by atoms with E-state index in [4.69, 9.17) is 9.15 Å². The molecule has 3 rings (SSSR count). The Morgan fingerprint density at radius 2 is 1.85 bits per heavy atom. The van der Waals surface area contributed by atoms with Crippen molar-refractivity contribution in [2.75, 3.05) is 20.3 Å². The van der Waals surface area contributed by atoms with Gasteiger partial charge in [-0.2, -0.15) is 0 Å². The monoisotopic (exact) mass is 370 g/mol. The number of rotatable bonds is 8. The predicted octanol–water partition coefficient (Wildman–Crippen LogP) is 2.22. The zero-order chi connectivity index (χ0) is 19.2. The molecule has 0 unspecified atom stereocenters. The van der Waals surface area contributed by atoms with E-state index in [0.29, 0.717) is 31.0 Å². The largest absolute Gasteiger partial charge is 0.467 e. The molecule has 142 valence electrons. The molecule has 0 saturated carbocycles. The Bertz CT molecular complexity index is 782. The van der Waals surface area contributed by atoms with Gasteiger partial charge in [0.05, 0.1) is 26.0 Å². The van der Waals surface area contributed by atoms with Gasteiger partial charge in [0.2, 0.25) is 11.8 Å². The van der Waals surface area contributed by atoms with E-state index >= 15 is 0 Å². The molecule has 3 amide bonds. The lowest BCUT2D eigenvalue weighted by Gasteiger charge is -2.21. The molecule has 1 saturated heterocycles. The first-order chi connectivity index (χ1) is 13.1. The first kappa shape index (κ1) is 18.8. The summed E-state index contributed by atoms with van der Waals surface area (Å²) in [5.74, 6) is 0.263. The predicted molar refractivity (Wildman–Crippen MR) is 96.6 cm³/mol. The third-order valence-corrected chi connectivity index (χ3v) is 4.48. The summed E-state index contributed by atoms with van der Waals surface area (Å²) >= 11 is 0. The summed E-state index contributed by atoms with van der Waals surface area (Å²) in [6.07, 6.45) is 2.12. The number of likely N-dealkylation sites (tertiary alicyclic amines) is 1. The van der Waals surface area contributed by atoms with Crippen molar-refractivity contribution >= 4 is 17.7 Å². The topological polar surface area (TPSA) is 80.1 Å². The zero-order valence-corrected chi connectivity index (χ0v) is 15.2. The highest BCUT2D eigenvalue weighted by Crippen LogP contribution is 2.17. The minimum atomic E-state index is -0.149. The van der Waals surface area contributed by atoms with Gasteiger partial charge in [0, 0.05) is 32.1 Å². The minimum absolute atomic E-state index is 0.136. The van der Waals surface area contributed by atoms with Crippen molar-refractivity contribution < 1.29 is 23.5 Å². The number of ether oxygens (including phenoxy) is 1. The Kier molecular flexibility index (Phi) is 6.03. The molecule has 1 aliphatic rings. The highest BCUT2D eigenvalue weighted by Gasteiger charge is 2.28. The van der Waals surface area contributed by atoms with Gasteiger partial charge in [0.15, 0.2) is 0 Å². The number of carbonyl (C=O) groups excluding carboxylic acids is 3. The van der Waals surface area contributed by atoms with Crippen molar-refractivity contribution in [2.45, 2.75) is 25.9 Å². The molecule has 7 nitrogen and oxygen atoms in total. The Morgan fingerprint density at radius 3 is 2.44 bits per heavy atom. The first-order valence-corrected chi connectivity index (χ1v) is 8.81. The second-order valence-electron chi connectivity index (χ2n) is 6.37. The van der Waals surface area contributed by atoms with E-state index in [-0.39, 0.29) is 37.1 Å². The van der Waals surface area contributed by atoms with Crippen LogP contribution in [0.15, 0.2) is 47.1 Å². The standard InChI is InChI=1S/C20H22N2O5/c1-26-12-10-21(14-17-3-2-11-27-17)20(25)16-6-4-15(5-7-16)13-22-18(23)8-9-19(22)24/h2-7,11H,8-10,12-14H2,1H3. The highest BCUT2D eigenvalue weighted by molar-refractivity contribution is 6.01. The van der Waals surface area contributed by atoms with Gasteiger partial charge in [0.1, 0.15) is 5.76 Å². The molecule has 1 fully saturated rings. The van der Waals surface area contributed by atoms with Gasteiger partial charge in [0.25, 0.3) is 5.91 Å². The number of imide groups is 1. The van der Waals surface area contributed by atoms with Crippen LogP contribution in [0.3, 0.4) is 0 Å². The first-order valence-electron chi connectivity index (χ1n) is 8.81. The van der Waals surface area contributed by atoms with Gasteiger partial charge >= 0.3 is 0 Å². The van der Waals surface area contributed by atoms with Crippen LogP contribution >= 0.6 is 0 Å². The summed E-state index contributed by atoms with van der Waals surface area (Å²) in [6, 6.07) is 10.6. The number of nitrogens with zero attached hydrogens (tertiary/aromatic N) is 2. The SMILES string of the molecule is COCCN(Cc1ccco1)C(=O)c1ccc(CN2C(=O)CCC2=O)cc1. The third-order valence-electron chi connectivity index (χ3n) is 4.48. The highest BCUT2D eigenvalue weighted by atomic mass is 16.5. The second-order valence-corrected chi connectivity index (χ2v) is 6.37. The van der Waals surface area contributed by atoms with Crippen LogP contribution in [0.5, 0.6) is 0 Å². The second kappa shape index (κ2) is 8.64. The molecule has 2 heterocycles. The molecule has 27 heavy (non-hydrogen) atoms. The maximum absolute atomic E-state index is 12.8. The maximum atomic E-state index is 12.8. The van der Waals surface area contributed by atoms with Crippen LogP contribution in [0.4, 0.5) is 0 Å². The number of amides is 3. The number of hydrogen-bond acceptors (Lipinski definition) is 5. The van der Waals surface area contributed by atoms with Gasteiger partial charge < -0.3 is 14.1 Å². The summed E-state index contributed by atoms with van der Waals surface area (Å²) in [4.78, 5) is 39.2. The molecule has 1 aliphatic heterocycles. The number of methoxy groups -OCH3 is 1. The lowest BCUT2D eigenvalue weighted by molar-refractivity contribution is -0.139. The molecule has 7 heteroatoms. The Hall–Kier alpha value is -2.93.